The van der Waals surface area contributed by atoms with Gasteiger partial charge in [-0.05, 0) is 44.0 Å². The summed E-state index contributed by atoms with van der Waals surface area (Å²) in [5.74, 6) is -0.458. The van der Waals surface area contributed by atoms with Crippen LogP contribution in [0.25, 0.3) is 0 Å². The molecule has 1 aromatic rings. The Balaban J connectivity index is 2.50. The van der Waals surface area contributed by atoms with Crippen molar-refractivity contribution in [2.75, 3.05) is 6.54 Å². The van der Waals surface area contributed by atoms with Gasteiger partial charge in [-0.1, -0.05) is 6.07 Å². The predicted octanol–water partition coefficient (Wildman–Crippen LogP) is 0.708. The monoisotopic (exact) mass is 263 g/mol. The van der Waals surface area contributed by atoms with Crippen molar-refractivity contribution in [3.05, 3.63) is 34.9 Å². The second kappa shape index (κ2) is 6.89. The van der Waals surface area contributed by atoms with Crippen molar-refractivity contribution < 1.29 is 9.59 Å². The number of amides is 2. The third-order valence-corrected chi connectivity index (χ3v) is 2.68. The first-order chi connectivity index (χ1) is 8.90. The second-order valence-corrected chi connectivity index (χ2v) is 4.83. The topological polar surface area (TPSA) is 84.2 Å². The van der Waals surface area contributed by atoms with Crippen molar-refractivity contribution in [2.45, 2.75) is 33.4 Å². The van der Waals surface area contributed by atoms with E-state index in [1.54, 1.807) is 12.1 Å². The maximum absolute atomic E-state index is 11.4. The van der Waals surface area contributed by atoms with Crippen LogP contribution >= 0.6 is 0 Å². The number of benzene rings is 1. The summed E-state index contributed by atoms with van der Waals surface area (Å²) in [6.45, 7) is 6.61. The lowest BCUT2D eigenvalue weighted by molar-refractivity contribution is -0.120. The Morgan fingerprint density at radius 3 is 2.53 bits per heavy atom. The van der Waals surface area contributed by atoms with Crippen LogP contribution in [0.1, 0.15) is 35.3 Å². The molecular weight excluding hydrogens is 242 g/mol. The molecule has 5 heteroatoms. The van der Waals surface area contributed by atoms with Gasteiger partial charge in [0, 0.05) is 18.2 Å². The minimum Gasteiger partial charge on any atom is -0.366 e. The molecular formula is C14H21N3O2. The molecule has 1 rings (SSSR count). The van der Waals surface area contributed by atoms with Gasteiger partial charge in [0.05, 0.1) is 6.54 Å². The average Bonchev–Trinajstić information content (AvgIpc) is 2.29. The van der Waals surface area contributed by atoms with Gasteiger partial charge in [-0.25, -0.2) is 0 Å². The van der Waals surface area contributed by atoms with Crippen LogP contribution in [0.3, 0.4) is 0 Å². The molecule has 0 heterocycles. The number of carbonyl (C=O) groups is 2. The van der Waals surface area contributed by atoms with Crippen molar-refractivity contribution in [3.8, 4) is 0 Å². The summed E-state index contributed by atoms with van der Waals surface area (Å²) < 4.78 is 0. The number of rotatable bonds is 6. The fourth-order valence-corrected chi connectivity index (χ4v) is 1.73. The molecule has 0 radical (unpaired) electrons. The molecule has 104 valence electrons. The molecule has 0 aliphatic carbocycles. The zero-order valence-corrected chi connectivity index (χ0v) is 11.6. The zero-order valence-electron chi connectivity index (χ0n) is 11.6. The quantitative estimate of drug-likeness (QED) is 0.706. The highest BCUT2D eigenvalue weighted by atomic mass is 16.2. The van der Waals surface area contributed by atoms with Gasteiger partial charge in [-0.15, -0.1) is 0 Å². The van der Waals surface area contributed by atoms with Crippen molar-refractivity contribution in [1.29, 1.82) is 0 Å². The van der Waals surface area contributed by atoms with E-state index in [0.29, 0.717) is 12.1 Å². The summed E-state index contributed by atoms with van der Waals surface area (Å²) in [5, 5.41) is 5.87. The van der Waals surface area contributed by atoms with Crippen LogP contribution in [0.4, 0.5) is 0 Å². The van der Waals surface area contributed by atoms with E-state index in [2.05, 4.69) is 10.6 Å². The summed E-state index contributed by atoms with van der Waals surface area (Å²) in [4.78, 5) is 22.5. The number of carbonyl (C=O) groups excluding carboxylic acids is 2. The second-order valence-electron chi connectivity index (χ2n) is 4.83. The van der Waals surface area contributed by atoms with Gasteiger partial charge in [-0.3, -0.25) is 9.59 Å². The number of hydrogen-bond acceptors (Lipinski definition) is 3. The summed E-state index contributed by atoms with van der Waals surface area (Å²) in [5.41, 5.74) is 7.73. The summed E-state index contributed by atoms with van der Waals surface area (Å²) in [7, 11) is 0. The van der Waals surface area contributed by atoms with Crippen molar-refractivity contribution in [1.82, 2.24) is 10.6 Å². The van der Waals surface area contributed by atoms with Crippen molar-refractivity contribution >= 4 is 11.8 Å². The van der Waals surface area contributed by atoms with E-state index in [4.69, 9.17) is 5.73 Å². The largest absolute Gasteiger partial charge is 0.366 e. The Morgan fingerprint density at radius 2 is 2.00 bits per heavy atom. The first kappa shape index (κ1) is 15.2. The Bertz CT molecular complexity index is 470. The highest BCUT2D eigenvalue weighted by Crippen LogP contribution is 2.10. The van der Waals surface area contributed by atoms with Crippen LogP contribution in [-0.2, 0) is 11.3 Å². The van der Waals surface area contributed by atoms with Crippen LogP contribution in [-0.4, -0.2) is 24.4 Å². The van der Waals surface area contributed by atoms with E-state index in [9.17, 15) is 9.59 Å². The molecule has 2 amide bonds. The molecule has 0 aliphatic heterocycles. The van der Waals surface area contributed by atoms with E-state index in [1.165, 1.54) is 0 Å². The number of nitrogens with one attached hydrogen (secondary N) is 2. The van der Waals surface area contributed by atoms with Gasteiger partial charge >= 0.3 is 0 Å². The highest BCUT2D eigenvalue weighted by Gasteiger charge is 2.06. The summed E-state index contributed by atoms with van der Waals surface area (Å²) in [6, 6.07) is 5.45. The Hall–Kier alpha value is -1.88. The molecule has 0 fully saturated rings. The molecule has 0 saturated heterocycles. The van der Waals surface area contributed by atoms with Crippen LogP contribution in [0.2, 0.25) is 0 Å². The van der Waals surface area contributed by atoms with Crippen LogP contribution < -0.4 is 16.4 Å². The minimum atomic E-state index is -0.432. The lowest BCUT2D eigenvalue weighted by Gasteiger charge is -2.11. The normalized spacial score (nSPS) is 10.5. The maximum atomic E-state index is 11.4. The Labute approximate surface area is 113 Å². The highest BCUT2D eigenvalue weighted by molar-refractivity contribution is 5.93. The van der Waals surface area contributed by atoms with E-state index in [0.717, 1.165) is 11.1 Å². The number of aryl methyl sites for hydroxylation is 1. The fraction of sp³-hybridized carbons (Fsp3) is 0.429. The molecule has 4 N–H and O–H groups in total. The van der Waals surface area contributed by atoms with E-state index >= 15 is 0 Å². The molecule has 0 bridgehead atoms. The lowest BCUT2D eigenvalue weighted by Crippen LogP contribution is -2.37. The Kier molecular flexibility index (Phi) is 5.51. The van der Waals surface area contributed by atoms with Crippen LogP contribution in [0.15, 0.2) is 18.2 Å². The average molecular weight is 263 g/mol. The summed E-state index contributed by atoms with van der Waals surface area (Å²) >= 11 is 0. The van der Waals surface area contributed by atoms with Crippen molar-refractivity contribution in [2.24, 2.45) is 5.73 Å². The number of nitrogens with two attached hydrogens (primary N) is 1. The third-order valence-electron chi connectivity index (χ3n) is 2.68. The SMILES string of the molecule is Cc1cc(C(N)=O)ccc1CNCC(=O)NC(C)C. The van der Waals surface area contributed by atoms with Crippen LogP contribution in [0, 0.1) is 6.92 Å². The zero-order chi connectivity index (χ0) is 14.4. The molecule has 0 aliphatic rings. The first-order valence-corrected chi connectivity index (χ1v) is 6.29. The number of hydrogen-bond donors (Lipinski definition) is 3. The predicted molar refractivity (Wildman–Crippen MR) is 74.7 cm³/mol. The van der Waals surface area contributed by atoms with Gasteiger partial charge in [0.15, 0.2) is 0 Å². The molecule has 1 aromatic carbocycles. The molecule has 0 saturated carbocycles. The van der Waals surface area contributed by atoms with E-state index in [-0.39, 0.29) is 18.5 Å². The van der Waals surface area contributed by atoms with Gasteiger partial charge in [0.25, 0.3) is 0 Å². The van der Waals surface area contributed by atoms with Gasteiger partial charge < -0.3 is 16.4 Å². The molecule has 0 aromatic heterocycles. The standard InChI is InChI=1S/C14H21N3O2/c1-9(2)17-13(18)8-16-7-12-5-4-11(14(15)19)6-10(12)3/h4-6,9,16H,7-8H2,1-3H3,(H2,15,19)(H,17,18). The van der Waals surface area contributed by atoms with Gasteiger partial charge in [0.2, 0.25) is 11.8 Å². The first-order valence-electron chi connectivity index (χ1n) is 6.29. The molecule has 0 atom stereocenters. The van der Waals surface area contributed by atoms with Crippen LogP contribution in [0.5, 0.6) is 0 Å². The fourth-order valence-electron chi connectivity index (χ4n) is 1.73. The molecule has 19 heavy (non-hydrogen) atoms. The molecule has 5 nitrogen and oxygen atoms in total. The molecule has 0 spiro atoms. The van der Waals surface area contributed by atoms with E-state index in [1.807, 2.05) is 26.8 Å². The smallest absolute Gasteiger partial charge is 0.248 e. The van der Waals surface area contributed by atoms with Gasteiger partial charge in [0.1, 0.15) is 0 Å². The Morgan fingerprint density at radius 1 is 1.32 bits per heavy atom. The minimum absolute atomic E-state index is 0.0265. The lowest BCUT2D eigenvalue weighted by atomic mass is 10.0. The number of primary amides is 1. The summed E-state index contributed by atoms with van der Waals surface area (Å²) in [6.07, 6.45) is 0. The van der Waals surface area contributed by atoms with Gasteiger partial charge in [-0.2, -0.15) is 0 Å². The molecule has 0 unspecified atom stereocenters. The maximum Gasteiger partial charge on any atom is 0.248 e. The third kappa shape index (κ3) is 5.09. The van der Waals surface area contributed by atoms with E-state index < -0.39 is 5.91 Å². The van der Waals surface area contributed by atoms with Crippen molar-refractivity contribution in [3.63, 3.8) is 0 Å².